The van der Waals surface area contributed by atoms with E-state index in [1.807, 2.05) is 36.4 Å². The van der Waals surface area contributed by atoms with Crippen LogP contribution in [0.5, 0.6) is 5.75 Å². The maximum Gasteiger partial charge on any atom is 0.132 e. The number of benzene rings is 1. The van der Waals surface area contributed by atoms with Gasteiger partial charge in [-0.3, -0.25) is 0 Å². The van der Waals surface area contributed by atoms with Crippen LogP contribution in [0.4, 0.5) is 4.39 Å². The predicted octanol–water partition coefficient (Wildman–Crippen LogP) is 4.05. The Hall–Kier alpha value is -1.57. The van der Waals surface area contributed by atoms with Crippen LogP contribution in [0.3, 0.4) is 0 Å². The molecule has 2 heteroatoms. The van der Waals surface area contributed by atoms with Gasteiger partial charge in [0.15, 0.2) is 0 Å². The summed E-state index contributed by atoms with van der Waals surface area (Å²) in [7, 11) is 1.63. The Kier molecular flexibility index (Phi) is 3.55. The maximum atomic E-state index is 14.5. The Morgan fingerprint density at radius 1 is 1.17 bits per heavy atom. The zero-order valence-corrected chi connectivity index (χ0v) is 11.1. The van der Waals surface area contributed by atoms with E-state index in [1.165, 1.54) is 0 Å². The Balaban J connectivity index is 2.47. The molecule has 0 spiro atoms. The van der Waals surface area contributed by atoms with Crippen molar-refractivity contribution in [3.05, 3.63) is 54.1 Å². The second kappa shape index (κ2) is 4.97. The molecule has 1 aliphatic carbocycles. The van der Waals surface area contributed by atoms with Crippen LogP contribution in [0.2, 0.25) is 0 Å². The molecule has 0 saturated carbocycles. The van der Waals surface area contributed by atoms with Crippen molar-refractivity contribution in [1.29, 1.82) is 0 Å². The molecule has 18 heavy (non-hydrogen) atoms. The number of rotatable bonds is 3. The molecule has 0 N–H and O–H groups in total. The molecule has 2 rings (SSSR count). The Bertz CT molecular complexity index is 458. The van der Waals surface area contributed by atoms with Crippen molar-refractivity contribution in [3.63, 3.8) is 0 Å². The van der Waals surface area contributed by atoms with E-state index in [0.29, 0.717) is 0 Å². The van der Waals surface area contributed by atoms with Gasteiger partial charge in [-0.15, -0.1) is 0 Å². The van der Waals surface area contributed by atoms with Gasteiger partial charge in [0.05, 0.1) is 12.5 Å². The number of methoxy groups -OCH3 is 1. The minimum absolute atomic E-state index is 0.182. The number of hydrogen-bond acceptors (Lipinski definition) is 1. The topological polar surface area (TPSA) is 9.23 Å². The van der Waals surface area contributed by atoms with Gasteiger partial charge in [0.1, 0.15) is 11.9 Å². The van der Waals surface area contributed by atoms with E-state index >= 15 is 0 Å². The van der Waals surface area contributed by atoms with E-state index < -0.39 is 11.6 Å². The lowest BCUT2D eigenvalue weighted by molar-refractivity contribution is 0.218. The van der Waals surface area contributed by atoms with Gasteiger partial charge in [0.25, 0.3) is 0 Å². The van der Waals surface area contributed by atoms with Crippen LogP contribution >= 0.6 is 0 Å². The summed E-state index contributed by atoms with van der Waals surface area (Å²) in [5, 5.41) is 0. The molecule has 1 nitrogen and oxygen atoms in total. The molecule has 2 unspecified atom stereocenters. The summed E-state index contributed by atoms with van der Waals surface area (Å²) >= 11 is 0. The van der Waals surface area contributed by atoms with Crippen LogP contribution in [0.1, 0.15) is 19.4 Å². The van der Waals surface area contributed by atoms with E-state index in [1.54, 1.807) is 19.3 Å². The second-order valence-electron chi connectivity index (χ2n) is 4.96. The number of halogens is 1. The highest BCUT2D eigenvalue weighted by Crippen LogP contribution is 2.41. The van der Waals surface area contributed by atoms with Gasteiger partial charge in [-0.1, -0.05) is 44.2 Å². The Labute approximate surface area is 108 Å². The lowest BCUT2D eigenvalue weighted by Gasteiger charge is -2.38. The fourth-order valence-electron chi connectivity index (χ4n) is 2.61. The lowest BCUT2D eigenvalue weighted by atomic mass is 9.67. The number of ether oxygens (including phenoxy) is 1. The first kappa shape index (κ1) is 12.9. The van der Waals surface area contributed by atoms with Gasteiger partial charge in [0.2, 0.25) is 0 Å². The van der Waals surface area contributed by atoms with E-state index in [0.717, 1.165) is 11.3 Å². The van der Waals surface area contributed by atoms with Gasteiger partial charge in [-0.25, -0.2) is 4.39 Å². The zero-order chi connectivity index (χ0) is 13.2. The Morgan fingerprint density at radius 3 is 2.33 bits per heavy atom. The van der Waals surface area contributed by atoms with Crippen LogP contribution < -0.4 is 4.74 Å². The first-order valence-electron chi connectivity index (χ1n) is 6.26. The van der Waals surface area contributed by atoms with Crippen molar-refractivity contribution >= 4 is 0 Å². The van der Waals surface area contributed by atoms with Crippen LogP contribution in [0.15, 0.2) is 48.6 Å². The number of alkyl halides is 1. The molecular weight excluding hydrogens is 227 g/mol. The molecule has 0 heterocycles. The first-order valence-corrected chi connectivity index (χ1v) is 6.26. The minimum Gasteiger partial charge on any atom is -0.497 e. The molecule has 0 bridgehead atoms. The fraction of sp³-hybridized carbons (Fsp3) is 0.375. The van der Waals surface area contributed by atoms with Crippen molar-refractivity contribution in [2.75, 3.05) is 7.11 Å². The average Bonchev–Trinajstić information content (AvgIpc) is 2.39. The summed E-state index contributed by atoms with van der Waals surface area (Å²) in [4.78, 5) is 0. The molecular formula is C16H19FO. The first-order chi connectivity index (χ1) is 8.61. The van der Waals surface area contributed by atoms with Crippen LogP contribution in [-0.4, -0.2) is 13.3 Å². The molecule has 1 aromatic rings. The number of hydrogen-bond donors (Lipinski definition) is 0. The molecule has 1 aromatic carbocycles. The molecule has 2 atom stereocenters. The van der Waals surface area contributed by atoms with Crippen LogP contribution in [0.25, 0.3) is 0 Å². The molecule has 0 aliphatic heterocycles. The molecule has 0 fully saturated rings. The average molecular weight is 246 g/mol. The zero-order valence-electron chi connectivity index (χ0n) is 11.1. The van der Waals surface area contributed by atoms with Crippen molar-refractivity contribution in [2.45, 2.75) is 25.4 Å². The van der Waals surface area contributed by atoms with E-state index in [4.69, 9.17) is 4.74 Å². The summed E-state index contributed by atoms with van der Waals surface area (Å²) in [6.07, 6.45) is 6.32. The molecule has 96 valence electrons. The minimum atomic E-state index is -0.990. The van der Waals surface area contributed by atoms with Crippen LogP contribution in [0, 0.1) is 5.92 Å². The van der Waals surface area contributed by atoms with Crippen molar-refractivity contribution < 1.29 is 9.13 Å². The normalized spacial score (nSPS) is 26.6. The third-order valence-electron chi connectivity index (χ3n) is 3.76. The SMILES string of the molecule is COc1ccc(C2(C(C)C)C=CC=CC2F)cc1. The second-order valence-corrected chi connectivity index (χ2v) is 4.96. The molecule has 0 aromatic heterocycles. The van der Waals surface area contributed by atoms with Crippen molar-refractivity contribution in [2.24, 2.45) is 5.92 Å². The van der Waals surface area contributed by atoms with Gasteiger partial charge in [0, 0.05) is 0 Å². The molecule has 0 amide bonds. The summed E-state index contributed by atoms with van der Waals surface area (Å²) in [6, 6.07) is 7.68. The van der Waals surface area contributed by atoms with E-state index in [2.05, 4.69) is 13.8 Å². The van der Waals surface area contributed by atoms with Crippen molar-refractivity contribution in [1.82, 2.24) is 0 Å². The summed E-state index contributed by atoms with van der Waals surface area (Å²) in [6.45, 7) is 4.11. The van der Waals surface area contributed by atoms with Gasteiger partial charge >= 0.3 is 0 Å². The monoisotopic (exact) mass is 246 g/mol. The highest BCUT2D eigenvalue weighted by atomic mass is 19.1. The summed E-state index contributed by atoms with van der Waals surface area (Å²) in [5.41, 5.74) is 0.424. The summed E-state index contributed by atoms with van der Waals surface area (Å²) in [5.74, 6) is 0.977. The highest BCUT2D eigenvalue weighted by molar-refractivity contribution is 5.41. The predicted molar refractivity (Wildman–Crippen MR) is 72.7 cm³/mol. The standard InChI is InChI=1S/C16H19FO/c1-12(2)16(11-5-4-6-15(16)17)13-7-9-14(18-3)10-8-13/h4-12,15H,1-3H3. The molecule has 1 aliphatic rings. The van der Waals surface area contributed by atoms with Gasteiger partial charge in [-0.05, 0) is 29.7 Å². The smallest absolute Gasteiger partial charge is 0.132 e. The molecule has 0 saturated heterocycles. The fourth-order valence-corrected chi connectivity index (χ4v) is 2.61. The van der Waals surface area contributed by atoms with Crippen molar-refractivity contribution in [3.8, 4) is 5.75 Å². The van der Waals surface area contributed by atoms with E-state index in [9.17, 15) is 4.39 Å². The maximum absolute atomic E-state index is 14.5. The van der Waals surface area contributed by atoms with Crippen LogP contribution in [-0.2, 0) is 5.41 Å². The highest BCUT2D eigenvalue weighted by Gasteiger charge is 2.41. The Morgan fingerprint density at radius 2 is 1.83 bits per heavy atom. The van der Waals surface area contributed by atoms with Gasteiger partial charge < -0.3 is 4.74 Å². The molecule has 0 radical (unpaired) electrons. The van der Waals surface area contributed by atoms with E-state index in [-0.39, 0.29) is 5.92 Å². The third-order valence-corrected chi connectivity index (χ3v) is 3.76. The lowest BCUT2D eigenvalue weighted by Crippen LogP contribution is -2.40. The van der Waals surface area contributed by atoms with Gasteiger partial charge in [-0.2, -0.15) is 0 Å². The largest absolute Gasteiger partial charge is 0.497 e. The quantitative estimate of drug-likeness (QED) is 0.781. The number of allylic oxidation sites excluding steroid dienone is 4. The third kappa shape index (κ3) is 1.96. The summed E-state index contributed by atoms with van der Waals surface area (Å²) < 4.78 is 19.6.